The van der Waals surface area contributed by atoms with Crippen LogP contribution in [0.5, 0.6) is 0 Å². The first kappa shape index (κ1) is 22.5. The van der Waals surface area contributed by atoms with Gasteiger partial charge in [-0.05, 0) is 37.6 Å². The van der Waals surface area contributed by atoms with Gasteiger partial charge in [-0.1, -0.05) is 17.7 Å². The third-order valence-electron chi connectivity index (χ3n) is 4.49. The molecular weight excluding hydrogens is 442 g/mol. The minimum Gasteiger partial charge on any atom is -0.465 e. The van der Waals surface area contributed by atoms with Crippen molar-refractivity contribution >= 4 is 51.6 Å². The fourth-order valence-electron chi connectivity index (χ4n) is 3.08. The smallest absolute Gasteiger partial charge is 0.355 e. The van der Waals surface area contributed by atoms with E-state index in [4.69, 9.17) is 21.1 Å². The molecule has 0 spiro atoms. The number of carbonyl (C=O) groups is 3. The predicted octanol–water partition coefficient (Wildman–Crippen LogP) is 4.57. The number of aryl methyl sites for hydroxylation is 1. The van der Waals surface area contributed by atoms with Gasteiger partial charge >= 0.3 is 11.9 Å². The number of nitrogens with zero attached hydrogens (tertiary/aromatic N) is 2. The van der Waals surface area contributed by atoms with Gasteiger partial charge in [0.05, 0.1) is 24.1 Å². The normalized spacial score (nSPS) is 10.6. The van der Waals surface area contributed by atoms with E-state index in [1.54, 1.807) is 43.5 Å². The molecule has 2 heterocycles. The van der Waals surface area contributed by atoms with E-state index in [0.717, 1.165) is 0 Å². The number of H-pyrrole nitrogens is 1. The van der Waals surface area contributed by atoms with Crippen LogP contribution in [-0.2, 0) is 20.9 Å². The molecule has 0 bridgehead atoms. The molecule has 1 aromatic carbocycles. The maximum atomic E-state index is 12.5. The second-order valence-corrected chi connectivity index (χ2v) is 7.92. The zero-order valence-corrected chi connectivity index (χ0v) is 18.9. The van der Waals surface area contributed by atoms with Crippen LogP contribution < -0.4 is 4.90 Å². The highest BCUT2D eigenvalue weighted by atomic mass is 35.5. The summed E-state index contributed by atoms with van der Waals surface area (Å²) >= 11 is 7.28. The number of esters is 2. The van der Waals surface area contributed by atoms with Gasteiger partial charge in [0.15, 0.2) is 5.13 Å². The average molecular weight is 462 g/mol. The summed E-state index contributed by atoms with van der Waals surface area (Å²) < 4.78 is 10.1. The summed E-state index contributed by atoms with van der Waals surface area (Å²) in [5.41, 5.74) is 2.53. The van der Waals surface area contributed by atoms with Crippen molar-refractivity contribution in [2.75, 3.05) is 12.0 Å². The molecule has 2 aromatic heterocycles. The van der Waals surface area contributed by atoms with Crippen molar-refractivity contribution in [1.29, 1.82) is 0 Å². The number of hydrogen-bond acceptors (Lipinski definition) is 7. The Morgan fingerprint density at radius 2 is 1.97 bits per heavy atom. The third kappa shape index (κ3) is 4.78. The number of aromatic amines is 1. The van der Waals surface area contributed by atoms with Crippen molar-refractivity contribution in [1.82, 2.24) is 9.97 Å². The molecule has 0 radical (unpaired) electrons. The van der Waals surface area contributed by atoms with Crippen LogP contribution >= 0.6 is 22.9 Å². The molecule has 0 aliphatic heterocycles. The number of nitrogens with one attached hydrogen (secondary N) is 1. The van der Waals surface area contributed by atoms with Crippen molar-refractivity contribution in [3.8, 4) is 0 Å². The fraction of sp³-hybridized carbons (Fsp3) is 0.238. The van der Waals surface area contributed by atoms with E-state index in [9.17, 15) is 14.4 Å². The van der Waals surface area contributed by atoms with E-state index in [1.165, 1.54) is 30.3 Å². The molecule has 3 rings (SSSR count). The van der Waals surface area contributed by atoms with Crippen LogP contribution in [0.2, 0.25) is 5.02 Å². The van der Waals surface area contributed by atoms with Gasteiger partial charge < -0.3 is 14.5 Å². The van der Waals surface area contributed by atoms with E-state index in [2.05, 4.69) is 9.97 Å². The number of ether oxygens (including phenoxy) is 2. The number of aromatic nitrogens is 2. The highest BCUT2D eigenvalue weighted by molar-refractivity contribution is 7.14. The number of anilines is 2. The van der Waals surface area contributed by atoms with E-state index in [0.29, 0.717) is 38.4 Å². The average Bonchev–Trinajstić information content (AvgIpc) is 3.29. The third-order valence-corrected chi connectivity index (χ3v) is 5.60. The number of carbonyl (C=O) groups excluding carboxylic acids is 3. The quantitative estimate of drug-likeness (QED) is 0.539. The summed E-state index contributed by atoms with van der Waals surface area (Å²) in [6, 6.07) is 6.88. The summed E-state index contributed by atoms with van der Waals surface area (Å²) in [6.07, 6.45) is 0. The first-order valence-corrected chi connectivity index (χ1v) is 10.4. The topological polar surface area (TPSA) is 102 Å². The lowest BCUT2D eigenvalue weighted by atomic mass is 10.1. The van der Waals surface area contributed by atoms with Crippen molar-refractivity contribution in [2.45, 2.75) is 27.4 Å². The summed E-state index contributed by atoms with van der Waals surface area (Å²) in [5, 5.41) is 2.63. The first-order chi connectivity index (χ1) is 14.7. The number of hydrogen-bond donors (Lipinski definition) is 1. The van der Waals surface area contributed by atoms with E-state index in [1.807, 2.05) is 0 Å². The molecule has 0 saturated heterocycles. The molecule has 3 aromatic rings. The zero-order valence-electron chi connectivity index (χ0n) is 17.3. The molecule has 10 heteroatoms. The Morgan fingerprint density at radius 1 is 1.23 bits per heavy atom. The molecule has 0 aliphatic carbocycles. The summed E-state index contributed by atoms with van der Waals surface area (Å²) in [6.45, 7) is 4.65. The van der Waals surface area contributed by atoms with Crippen LogP contribution in [0.3, 0.4) is 0 Å². The zero-order chi connectivity index (χ0) is 22.7. The molecule has 0 atom stereocenters. The van der Waals surface area contributed by atoms with Gasteiger partial charge in [0.25, 0.3) is 0 Å². The van der Waals surface area contributed by atoms with E-state index < -0.39 is 11.9 Å². The number of amides is 1. The predicted molar refractivity (Wildman–Crippen MR) is 117 cm³/mol. The molecule has 31 heavy (non-hydrogen) atoms. The van der Waals surface area contributed by atoms with Gasteiger partial charge in [-0.15, -0.1) is 11.3 Å². The largest absolute Gasteiger partial charge is 0.465 e. The number of halogens is 1. The second kappa shape index (κ2) is 9.32. The van der Waals surface area contributed by atoms with Crippen LogP contribution in [0, 0.1) is 13.8 Å². The maximum absolute atomic E-state index is 12.5. The van der Waals surface area contributed by atoms with Crippen LogP contribution in [0.15, 0.2) is 29.6 Å². The summed E-state index contributed by atoms with van der Waals surface area (Å²) in [5.74, 6) is -1.38. The van der Waals surface area contributed by atoms with Gasteiger partial charge in [0.1, 0.15) is 12.3 Å². The van der Waals surface area contributed by atoms with Crippen LogP contribution in [-0.4, -0.2) is 34.9 Å². The van der Waals surface area contributed by atoms with Gasteiger partial charge in [-0.3, -0.25) is 9.69 Å². The lowest BCUT2D eigenvalue weighted by molar-refractivity contribution is -0.115. The molecule has 1 amide bonds. The van der Waals surface area contributed by atoms with Gasteiger partial charge in [-0.2, -0.15) is 0 Å². The minimum atomic E-state index is -0.622. The molecule has 0 aliphatic rings. The van der Waals surface area contributed by atoms with Crippen LogP contribution in [0.1, 0.15) is 44.7 Å². The lowest BCUT2D eigenvalue weighted by Crippen LogP contribution is -2.22. The van der Waals surface area contributed by atoms with Crippen molar-refractivity contribution in [2.24, 2.45) is 0 Å². The number of benzene rings is 1. The summed E-state index contributed by atoms with van der Waals surface area (Å²) in [7, 11) is 1.28. The Balaban J connectivity index is 1.75. The molecule has 0 saturated carbocycles. The molecule has 1 N–H and O–H groups in total. The molecular formula is C21H20ClN3O5S. The van der Waals surface area contributed by atoms with Gasteiger partial charge in [0, 0.05) is 23.0 Å². The Morgan fingerprint density at radius 3 is 2.61 bits per heavy atom. The lowest BCUT2D eigenvalue weighted by Gasteiger charge is -2.18. The first-order valence-electron chi connectivity index (χ1n) is 9.18. The van der Waals surface area contributed by atoms with Gasteiger partial charge in [0.2, 0.25) is 5.91 Å². The SMILES string of the molecule is COC(=O)c1c(C)[nH]c(C(=O)OCc2csc(N(C(C)=O)c3cccc(Cl)c3)n2)c1C. The Bertz CT molecular complexity index is 1150. The Hall–Kier alpha value is -3.17. The standard InChI is InChI=1S/C21H20ClN3O5S/c1-11-17(19(27)29-4)12(2)23-18(11)20(28)30-9-15-10-31-21(24-15)25(13(3)26)16-7-5-6-14(22)8-16/h5-8,10,23H,9H2,1-4H3. The highest BCUT2D eigenvalue weighted by Crippen LogP contribution is 2.30. The van der Waals surface area contributed by atoms with Gasteiger partial charge in [-0.25, -0.2) is 14.6 Å². The molecule has 8 nitrogen and oxygen atoms in total. The Kier molecular flexibility index (Phi) is 6.77. The Labute approximate surface area is 187 Å². The van der Waals surface area contributed by atoms with Crippen molar-refractivity contribution in [3.05, 3.63) is 62.9 Å². The monoisotopic (exact) mass is 461 g/mol. The van der Waals surface area contributed by atoms with Crippen molar-refractivity contribution < 1.29 is 23.9 Å². The van der Waals surface area contributed by atoms with E-state index in [-0.39, 0.29) is 18.2 Å². The molecule has 0 fully saturated rings. The molecule has 162 valence electrons. The van der Waals surface area contributed by atoms with Crippen LogP contribution in [0.4, 0.5) is 10.8 Å². The highest BCUT2D eigenvalue weighted by Gasteiger charge is 2.24. The fourth-order valence-corrected chi connectivity index (χ4v) is 4.14. The van der Waals surface area contributed by atoms with E-state index >= 15 is 0 Å². The maximum Gasteiger partial charge on any atom is 0.355 e. The van der Waals surface area contributed by atoms with Crippen LogP contribution in [0.25, 0.3) is 0 Å². The molecule has 0 unspecified atom stereocenters. The summed E-state index contributed by atoms with van der Waals surface area (Å²) in [4.78, 5) is 45.3. The minimum absolute atomic E-state index is 0.0955. The van der Waals surface area contributed by atoms with Crippen molar-refractivity contribution in [3.63, 3.8) is 0 Å². The number of thiazole rings is 1. The number of rotatable bonds is 6. The second-order valence-electron chi connectivity index (χ2n) is 6.65. The number of methoxy groups -OCH3 is 1.